The molecular weight excluding hydrogens is 361 g/mol. The van der Waals surface area contributed by atoms with E-state index in [0.717, 1.165) is 17.7 Å². The Bertz CT molecular complexity index is 835. The number of rotatable bonds is 6. The van der Waals surface area contributed by atoms with E-state index in [0.29, 0.717) is 17.8 Å². The molecule has 0 aliphatic carbocycles. The number of carbonyl (C=O) groups is 2. The number of hydrogen-bond donors (Lipinski definition) is 2. The van der Waals surface area contributed by atoms with Crippen LogP contribution in [0.25, 0.3) is 0 Å². The minimum Gasteiger partial charge on any atom is -0.484 e. The summed E-state index contributed by atoms with van der Waals surface area (Å²) in [7, 11) is 0. The van der Waals surface area contributed by atoms with Gasteiger partial charge in [0.2, 0.25) is 5.91 Å². The molecule has 0 aromatic heterocycles. The standard InChI is InChI=1S/C19H19F3N2O3/c1-3-17(25)23-14-8-7-12(2)16(10-14)24-18(26)11-27-15-6-4-5-13(9-15)19(20,21)22/h4-10H,3,11H2,1-2H3,(H,23,25)(H,24,26). The number of carbonyl (C=O) groups excluding carboxylic acids is 2. The molecule has 0 radical (unpaired) electrons. The second kappa shape index (κ2) is 8.57. The zero-order valence-electron chi connectivity index (χ0n) is 14.8. The van der Waals surface area contributed by atoms with Crippen LogP contribution >= 0.6 is 0 Å². The lowest BCUT2D eigenvalue weighted by atomic mass is 10.1. The summed E-state index contributed by atoms with van der Waals surface area (Å²) >= 11 is 0. The highest BCUT2D eigenvalue weighted by Gasteiger charge is 2.30. The van der Waals surface area contributed by atoms with E-state index in [1.807, 2.05) is 0 Å². The minimum atomic E-state index is -4.48. The minimum absolute atomic E-state index is 0.0549. The average molecular weight is 380 g/mol. The topological polar surface area (TPSA) is 67.4 Å². The Labute approximate surface area is 154 Å². The van der Waals surface area contributed by atoms with Gasteiger partial charge < -0.3 is 15.4 Å². The molecule has 2 aromatic rings. The first-order valence-electron chi connectivity index (χ1n) is 8.19. The van der Waals surface area contributed by atoms with E-state index >= 15 is 0 Å². The molecule has 2 N–H and O–H groups in total. The van der Waals surface area contributed by atoms with Crippen molar-refractivity contribution in [1.82, 2.24) is 0 Å². The monoisotopic (exact) mass is 380 g/mol. The average Bonchev–Trinajstić information content (AvgIpc) is 2.62. The molecule has 5 nitrogen and oxygen atoms in total. The van der Waals surface area contributed by atoms with Crippen LogP contribution in [0.2, 0.25) is 0 Å². The molecule has 27 heavy (non-hydrogen) atoms. The molecule has 0 aliphatic heterocycles. The lowest BCUT2D eigenvalue weighted by Crippen LogP contribution is -2.21. The Morgan fingerprint density at radius 1 is 1.04 bits per heavy atom. The Morgan fingerprint density at radius 2 is 1.78 bits per heavy atom. The quantitative estimate of drug-likeness (QED) is 0.782. The summed E-state index contributed by atoms with van der Waals surface area (Å²) in [6.07, 6.45) is -4.16. The first-order chi connectivity index (χ1) is 12.7. The Hall–Kier alpha value is -3.03. The first kappa shape index (κ1) is 20.3. The van der Waals surface area contributed by atoms with Gasteiger partial charge in [0.1, 0.15) is 5.75 Å². The van der Waals surface area contributed by atoms with Gasteiger partial charge in [0.05, 0.1) is 5.56 Å². The second-order valence-electron chi connectivity index (χ2n) is 5.79. The van der Waals surface area contributed by atoms with E-state index in [1.54, 1.807) is 32.0 Å². The number of benzene rings is 2. The highest BCUT2D eigenvalue weighted by Crippen LogP contribution is 2.31. The van der Waals surface area contributed by atoms with Gasteiger partial charge in [-0.05, 0) is 42.8 Å². The summed E-state index contributed by atoms with van der Waals surface area (Å²) in [6, 6.07) is 9.35. The number of amides is 2. The van der Waals surface area contributed by atoms with E-state index in [1.165, 1.54) is 12.1 Å². The van der Waals surface area contributed by atoms with Crippen molar-refractivity contribution >= 4 is 23.2 Å². The second-order valence-corrected chi connectivity index (χ2v) is 5.79. The Balaban J connectivity index is 2.00. The Morgan fingerprint density at radius 3 is 2.44 bits per heavy atom. The number of anilines is 2. The van der Waals surface area contributed by atoms with Crippen molar-refractivity contribution < 1.29 is 27.5 Å². The molecule has 0 atom stereocenters. The van der Waals surface area contributed by atoms with Gasteiger partial charge in [0, 0.05) is 17.8 Å². The van der Waals surface area contributed by atoms with E-state index in [-0.39, 0.29) is 11.7 Å². The molecular formula is C19H19F3N2O3. The summed E-state index contributed by atoms with van der Waals surface area (Å²) in [5.41, 5.74) is 0.913. The van der Waals surface area contributed by atoms with E-state index in [9.17, 15) is 22.8 Å². The third-order valence-corrected chi connectivity index (χ3v) is 3.65. The molecule has 0 fully saturated rings. The van der Waals surface area contributed by atoms with Crippen LogP contribution < -0.4 is 15.4 Å². The van der Waals surface area contributed by atoms with Crippen molar-refractivity contribution in [2.75, 3.05) is 17.2 Å². The van der Waals surface area contributed by atoms with Crippen molar-refractivity contribution in [1.29, 1.82) is 0 Å². The number of halogens is 3. The first-order valence-corrected chi connectivity index (χ1v) is 8.19. The lowest BCUT2D eigenvalue weighted by Gasteiger charge is -2.13. The van der Waals surface area contributed by atoms with Crippen LogP contribution in [0.1, 0.15) is 24.5 Å². The Kier molecular flexibility index (Phi) is 6.44. The molecule has 0 aliphatic rings. The molecule has 0 bridgehead atoms. The molecule has 0 saturated heterocycles. The van der Waals surface area contributed by atoms with Crippen LogP contribution in [0.3, 0.4) is 0 Å². The largest absolute Gasteiger partial charge is 0.484 e. The maximum atomic E-state index is 12.7. The van der Waals surface area contributed by atoms with Crippen LogP contribution in [-0.4, -0.2) is 18.4 Å². The van der Waals surface area contributed by atoms with Crippen molar-refractivity contribution in [3.8, 4) is 5.75 Å². The molecule has 2 amide bonds. The summed E-state index contributed by atoms with van der Waals surface area (Å²) in [5, 5.41) is 5.30. The fourth-order valence-corrected chi connectivity index (χ4v) is 2.18. The van der Waals surface area contributed by atoms with Gasteiger partial charge in [-0.3, -0.25) is 9.59 Å². The molecule has 0 saturated carbocycles. The van der Waals surface area contributed by atoms with Gasteiger partial charge in [0.25, 0.3) is 5.91 Å². The molecule has 144 valence electrons. The third kappa shape index (κ3) is 6.02. The summed E-state index contributed by atoms with van der Waals surface area (Å²) in [5.74, 6) is -0.751. The van der Waals surface area contributed by atoms with Crippen molar-refractivity contribution in [2.45, 2.75) is 26.4 Å². The maximum absolute atomic E-state index is 12.7. The van der Waals surface area contributed by atoms with Gasteiger partial charge in [-0.1, -0.05) is 19.1 Å². The van der Waals surface area contributed by atoms with Crippen molar-refractivity contribution in [2.24, 2.45) is 0 Å². The zero-order valence-corrected chi connectivity index (χ0v) is 14.8. The number of nitrogens with one attached hydrogen (secondary N) is 2. The highest BCUT2D eigenvalue weighted by molar-refractivity contribution is 5.95. The maximum Gasteiger partial charge on any atom is 0.416 e. The smallest absolute Gasteiger partial charge is 0.416 e. The number of alkyl halides is 3. The molecule has 0 unspecified atom stereocenters. The van der Waals surface area contributed by atoms with Crippen molar-refractivity contribution in [3.05, 3.63) is 53.6 Å². The molecule has 2 aromatic carbocycles. The van der Waals surface area contributed by atoms with Crippen LogP contribution in [-0.2, 0) is 15.8 Å². The van der Waals surface area contributed by atoms with E-state index < -0.39 is 24.3 Å². The number of hydrogen-bond acceptors (Lipinski definition) is 3. The summed E-state index contributed by atoms with van der Waals surface area (Å²) < 4.78 is 43.2. The fourth-order valence-electron chi connectivity index (χ4n) is 2.18. The van der Waals surface area contributed by atoms with Gasteiger partial charge in [-0.2, -0.15) is 13.2 Å². The SMILES string of the molecule is CCC(=O)Nc1ccc(C)c(NC(=O)COc2cccc(C(F)(F)F)c2)c1. The fraction of sp³-hybridized carbons (Fsp3) is 0.263. The van der Waals surface area contributed by atoms with E-state index in [2.05, 4.69) is 10.6 Å². The highest BCUT2D eigenvalue weighted by atomic mass is 19.4. The zero-order chi connectivity index (χ0) is 20.0. The predicted octanol–water partition coefficient (Wildman–Crippen LogP) is 4.38. The third-order valence-electron chi connectivity index (χ3n) is 3.65. The van der Waals surface area contributed by atoms with Crippen LogP contribution in [0, 0.1) is 6.92 Å². The van der Waals surface area contributed by atoms with Crippen molar-refractivity contribution in [3.63, 3.8) is 0 Å². The molecule has 0 heterocycles. The van der Waals surface area contributed by atoms with E-state index in [4.69, 9.17) is 4.74 Å². The number of ether oxygens (including phenoxy) is 1. The van der Waals surface area contributed by atoms with Gasteiger partial charge in [-0.15, -0.1) is 0 Å². The summed E-state index contributed by atoms with van der Waals surface area (Å²) in [4.78, 5) is 23.5. The van der Waals surface area contributed by atoms with Crippen LogP contribution in [0.15, 0.2) is 42.5 Å². The molecule has 0 spiro atoms. The van der Waals surface area contributed by atoms with Gasteiger partial charge >= 0.3 is 6.18 Å². The predicted molar refractivity (Wildman–Crippen MR) is 95.7 cm³/mol. The van der Waals surface area contributed by atoms with Gasteiger partial charge in [0.15, 0.2) is 6.61 Å². The summed E-state index contributed by atoms with van der Waals surface area (Å²) in [6.45, 7) is 3.04. The normalized spacial score (nSPS) is 11.0. The number of aryl methyl sites for hydroxylation is 1. The molecule has 8 heteroatoms. The molecule has 2 rings (SSSR count). The van der Waals surface area contributed by atoms with Crippen LogP contribution in [0.5, 0.6) is 5.75 Å². The van der Waals surface area contributed by atoms with Gasteiger partial charge in [-0.25, -0.2) is 0 Å². The lowest BCUT2D eigenvalue weighted by molar-refractivity contribution is -0.137. The van der Waals surface area contributed by atoms with Crippen LogP contribution in [0.4, 0.5) is 24.5 Å².